The first-order valence-electron chi connectivity index (χ1n) is 6.84. The second kappa shape index (κ2) is 7.41. The van der Waals surface area contributed by atoms with Crippen molar-refractivity contribution in [3.63, 3.8) is 0 Å². The molecule has 1 N–H and O–H groups in total. The van der Waals surface area contributed by atoms with Gasteiger partial charge >= 0.3 is 0 Å². The minimum Gasteiger partial charge on any atom is -0.333 e. The molecule has 0 radical (unpaired) electrons. The Morgan fingerprint density at radius 3 is 3.00 bits per heavy atom. The molecule has 2 rings (SSSR count). The molecule has 0 bridgehead atoms. The summed E-state index contributed by atoms with van der Waals surface area (Å²) < 4.78 is 15.1. The summed E-state index contributed by atoms with van der Waals surface area (Å²) in [4.78, 5) is 4.35. The zero-order valence-electron chi connectivity index (χ0n) is 11.6. The Kier molecular flexibility index (Phi) is 5.56. The van der Waals surface area contributed by atoms with Gasteiger partial charge in [0.25, 0.3) is 0 Å². The molecule has 1 heterocycles. The maximum Gasteiger partial charge on any atom is 0.123 e. The molecule has 0 unspecified atom stereocenters. The average molecular weight is 296 g/mol. The van der Waals surface area contributed by atoms with Crippen LogP contribution in [0.4, 0.5) is 4.39 Å². The number of hydrogen-bond acceptors (Lipinski definition) is 2. The lowest BCUT2D eigenvalue weighted by Gasteiger charge is -2.05. The molecule has 0 fully saturated rings. The highest BCUT2D eigenvalue weighted by Gasteiger charge is 2.04. The van der Waals surface area contributed by atoms with E-state index in [1.807, 2.05) is 10.8 Å². The van der Waals surface area contributed by atoms with Gasteiger partial charge in [0.05, 0.1) is 18.6 Å². The van der Waals surface area contributed by atoms with E-state index in [1.165, 1.54) is 12.1 Å². The normalized spacial score (nSPS) is 10.9. The minimum atomic E-state index is -0.270. The third kappa shape index (κ3) is 4.32. The SMILES string of the molecule is CCCNCCc1cn(Cc2cc(F)ccc2Cl)cn1. The average Bonchev–Trinajstić information content (AvgIpc) is 2.87. The summed E-state index contributed by atoms with van der Waals surface area (Å²) in [6.07, 6.45) is 5.77. The number of rotatable bonds is 7. The summed E-state index contributed by atoms with van der Waals surface area (Å²) in [5.41, 5.74) is 1.79. The van der Waals surface area contributed by atoms with Crippen molar-refractivity contribution >= 4 is 11.6 Å². The van der Waals surface area contributed by atoms with Gasteiger partial charge in [0.1, 0.15) is 5.82 Å². The van der Waals surface area contributed by atoms with E-state index in [0.29, 0.717) is 11.6 Å². The van der Waals surface area contributed by atoms with Gasteiger partial charge in [-0.2, -0.15) is 0 Å². The molecular formula is C15H19ClFN3. The number of aromatic nitrogens is 2. The fourth-order valence-corrected chi connectivity index (χ4v) is 2.18. The van der Waals surface area contributed by atoms with E-state index in [0.717, 1.165) is 37.2 Å². The van der Waals surface area contributed by atoms with Crippen LogP contribution in [0.3, 0.4) is 0 Å². The standard InChI is InChI=1S/C15H19ClFN3/c1-2-6-18-7-5-14-10-20(11-19-14)9-12-8-13(17)3-4-15(12)16/h3-4,8,10-11,18H,2,5-7,9H2,1H3. The molecule has 0 aliphatic heterocycles. The van der Waals surface area contributed by atoms with Crippen LogP contribution in [0.25, 0.3) is 0 Å². The van der Waals surface area contributed by atoms with Gasteiger partial charge in [-0.25, -0.2) is 9.37 Å². The highest BCUT2D eigenvalue weighted by Crippen LogP contribution is 2.18. The minimum absolute atomic E-state index is 0.270. The van der Waals surface area contributed by atoms with Crippen molar-refractivity contribution in [2.45, 2.75) is 26.3 Å². The number of imidazole rings is 1. The van der Waals surface area contributed by atoms with Crippen LogP contribution in [0, 0.1) is 5.82 Å². The summed E-state index contributed by atoms with van der Waals surface area (Å²) in [7, 11) is 0. The van der Waals surface area contributed by atoms with Gasteiger partial charge in [-0.05, 0) is 36.7 Å². The molecule has 5 heteroatoms. The largest absolute Gasteiger partial charge is 0.333 e. The fraction of sp³-hybridized carbons (Fsp3) is 0.400. The van der Waals surface area contributed by atoms with Gasteiger partial charge in [-0.3, -0.25) is 0 Å². The predicted octanol–water partition coefficient (Wildman–Crippen LogP) is 3.27. The fourth-order valence-electron chi connectivity index (χ4n) is 2.00. The summed E-state index contributed by atoms with van der Waals surface area (Å²) in [6.45, 7) is 4.63. The number of nitrogens with one attached hydrogen (secondary N) is 1. The zero-order chi connectivity index (χ0) is 14.4. The van der Waals surface area contributed by atoms with Crippen LogP contribution in [0.5, 0.6) is 0 Å². The lowest BCUT2D eigenvalue weighted by Crippen LogP contribution is -2.17. The molecule has 2 aromatic rings. The van der Waals surface area contributed by atoms with Crippen LogP contribution in [-0.2, 0) is 13.0 Å². The van der Waals surface area contributed by atoms with E-state index < -0.39 is 0 Å². The predicted molar refractivity (Wildman–Crippen MR) is 79.6 cm³/mol. The number of hydrogen-bond donors (Lipinski definition) is 1. The topological polar surface area (TPSA) is 29.9 Å². The van der Waals surface area contributed by atoms with Crippen molar-refractivity contribution in [1.82, 2.24) is 14.9 Å². The summed E-state index contributed by atoms with van der Waals surface area (Å²) in [6, 6.07) is 4.41. The first-order chi connectivity index (χ1) is 9.69. The van der Waals surface area contributed by atoms with E-state index in [-0.39, 0.29) is 5.82 Å². The molecule has 3 nitrogen and oxygen atoms in total. The second-order valence-corrected chi connectivity index (χ2v) is 5.18. The lowest BCUT2D eigenvalue weighted by atomic mass is 10.2. The van der Waals surface area contributed by atoms with Crippen LogP contribution in [0.1, 0.15) is 24.6 Å². The first-order valence-corrected chi connectivity index (χ1v) is 7.22. The van der Waals surface area contributed by atoms with Crippen molar-refractivity contribution in [1.29, 1.82) is 0 Å². The number of halogens is 2. The number of benzene rings is 1. The quantitative estimate of drug-likeness (QED) is 0.795. The molecule has 1 aromatic carbocycles. The third-order valence-corrected chi connectivity index (χ3v) is 3.40. The molecule has 0 aliphatic carbocycles. The number of nitrogens with zero attached hydrogens (tertiary/aromatic N) is 2. The van der Waals surface area contributed by atoms with Gasteiger partial charge in [-0.15, -0.1) is 0 Å². The molecule has 0 saturated carbocycles. The lowest BCUT2D eigenvalue weighted by molar-refractivity contribution is 0.623. The van der Waals surface area contributed by atoms with Crippen LogP contribution in [-0.4, -0.2) is 22.6 Å². The Labute approximate surface area is 123 Å². The van der Waals surface area contributed by atoms with Crippen molar-refractivity contribution in [2.24, 2.45) is 0 Å². The Morgan fingerprint density at radius 1 is 1.35 bits per heavy atom. The maximum atomic E-state index is 13.2. The summed E-state index contributed by atoms with van der Waals surface area (Å²) in [5.74, 6) is -0.270. The van der Waals surface area contributed by atoms with E-state index >= 15 is 0 Å². The highest BCUT2D eigenvalue weighted by atomic mass is 35.5. The molecule has 0 atom stereocenters. The van der Waals surface area contributed by atoms with Crippen molar-refractivity contribution in [2.75, 3.05) is 13.1 Å². The second-order valence-electron chi connectivity index (χ2n) is 4.77. The molecule has 0 amide bonds. The zero-order valence-corrected chi connectivity index (χ0v) is 12.3. The van der Waals surface area contributed by atoms with Crippen LogP contribution < -0.4 is 5.32 Å². The van der Waals surface area contributed by atoms with Crippen LogP contribution >= 0.6 is 11.6 Å². The first kappa shape index (κ1) is 15.0. The van der Waals surface area contributed by atoms with Gasteiger partial charge in [-0.1, -0.05) is 18.5 Å². The molecule has 0 spiro atoms. The molecular weight excluding hydrogens is 277 g/mol. The summed E-state index contributed by atoms with van der Waals surface area (Å²) in [5, 5.41) is 3.91. The van der Waals surface area contributed by atoms with Crippen molar-refractivity contribution in [3.8, 4) is 0 Å². The summed E-state index contributed by atoms with van der Waals surface area (Å²) >= 11 is 6.06. The van der Waals surface area contributed by atoms with E-state index in [4.69, 9.17) is 11.6 Å². The Balaban J connectivity index is 1.93. The third-order valence-electron chi connectivity index (χ3n) is 3.03. The Hall–Kier alpha value is -1.39. The molecule has 0 aliphatic rings. The van der Waals surface area contributed by atoms with Gasteiger partial charge in [0.2, 0.25) is 0 Å². The van der Waals surface area contributed by atoms with Crippen molar-refractivity contribution < 1.29 is 4.39 Å². The van der Waals surface area contributed by atoms with E-state index in [2.05, 4.69) is 17.2 Å². The van der Waals surface area contributed by atoms with Gasteiger partial charge in [0.15, 0.2) is 0 Å². The van der Waals surface area contributed by atoms with Gasteiger partial charge < -0.3 is 9.88 Å². The molecule has 1 aromatic heterocycles. The molecule has 108 valence electrons. The maximum absolute atomic E-state index is 13.2. The Morgan fingerprint density at radius 2 is 2.20 bits per heavy atom. The van der Waals surface area contributed by atoms with Crippen LogP contribution in [0.15, 0.2) is 30.7 Å². The smallest absolute Gasteiger partial charge is 0.123 e. The van der Waals surface area contributed by atoms with Crippen LogP contribution in [0.2, 0.25) is 5.02 Å². The molecule has 20 heavy (non-hydrogen) atoms. The highest BCUT2D eigenvalue weighted by molar-refractivity contribution is 6.31. The van der Waals surface area contributed by atoms with Gasteiger partial charge in [0, 0.05) is 24.2 Å². The Bertz CT molecular complexity index is 554. The van der Waals surface area contributed by atoms with E-state index in [9.17, 15) is 4.39 Å². The monoisotopic (exact) mass is 295 g/mol. The van der Waals surface area contributed by atoms with Crippen molar-refractivity contribution in [3.05, 3.63) is 52.8 Å². The van der Waals surface area contributed by atoms with E-state index in [1.54, 1.807) is 12.4 Å². The molecule has 0 saturated heterocycles.